The second kappa shape index (κ2) is 4.85. The number of hydrogen-bond donors (Lipinski definition) is 2. The first-order valence-electron chi connectivity index (χ1n) is 6.49. The Balaban J connectivity index is 2.21. The summed E-state index contributed by atoms with van der Waals surface area (Å²) >= 11 is 0. The molecule has 1 unspecified atom stereocenters. The molecule has 0 aromatic heterocycles. The summed E-state index contributed by atoms with van der Waals surface area (Å²) in [6.07, 6.45) is 1.29. The molecule has 0 aliphatic carbocycles. The minimum atomic E-state index is -0.936. The molecule has 0 bridgehead atoms. The van der Waals surface area contributed by atoms with Crippen LogP contribution in [0.3, 0.4) is 0 Å². The zero-order valence-corrected chi connectivity index (χ0v) is 11.3. The number of carbonyl (C=O) groups is 1. The monoisotopic (exact) mass is 264 g/mol. The van der Waals surface area contributed by atoms with Gasteiger partial charge in [0.15, 0.2) is 0 Å². The number of rotatable bonds is 4. The number of ether oxygens (including phenoxy) is 1. The number of fused-ring (bicyclic) bond motifs is 1. The summed E-state index contributed by atoms with van der Waals surface area (Å²) in [6.45, 7) is 3.55. The van der Waals surface area contributed by atoms with Gasteiger partial charge in [0.1, 0.15) is 17.8 Å². The highest BCUT2D eigenvalue weighted by Gasteiger charge is 2.43. The Labute approximate surface area is 113 Å². The molecule has 19 heavy (non-hydrogen) atoms. The fraction of sp³-hybridized carbons (Fsp3) is 0.533. The Hall–Kier alpha value is -1.55. The highest BCUT2D eigenvalue weighted by Crippen LogP contribution is 2.39. The van der Waals surface area contributed by atoms with Crippen molar-refractivity contribution in [3.63, 3.8) is 0 Å². The van der Waals surface area contributed by atoms with Crippen LogP contribution in [0.25, 0.3) is 0 Å². The van der Waals surface area contributed by atoms with Crippen LogP contribution in [-0.4, -0.2) is 28.4 Å². The molecule has 1 heterocycles. The van der Waals surface area contributed by atoms with E-state index in [2.05, 4.69) is 0 Å². The Morgan fingerprint density at radius 2 is 2.11 bits per heavy atom. The number of carboxylic acid groups (broad SMARTS) is 1. The number of aliphatic carboxylic acids is 1. The summed E-state index contributed by atoms with van der Waals surface area (Å²) in [5, 5.41) is 19.4. The summed E-state index contributed by atoms with van der Waals surface area (Å²) in [4.78, 5) is 11.6. The average Bonchev–Trinajstić information content (AvgIpc) is 2.35. The van der Waals surface area contributed by atoms with Crippen molar-refractivity contribution in [1.82, 2.24) is 0 Å². The van der Waals surface area contributed by atoms with Crippen LogP contribution >= 0.6 is 0 Å². The topological polar surface area (TPSA) is 66.8 Å². The van der Waals surface area contributed by atoms with Crippen molar-refractivity contribution < 1.29 is 19.7 Å². The first kappa shape index (κ1) is 13.9. The van der Waals surface area contributed by atoms with Gasteiger partial charge in [-0.2, -0.15) is 0 Å². The SMILES string of the molecule is CC(C)(O)CCC1(C(=O)O)COc2ccccc2C1. The summed E-state index contributed by atoms with van der Waals surface area (Å²) in [7, 11) is 0. The number of benzene rings is 1. The van der Waals surface area contributed by atoms with Gasteiger partial charge in [0.25, 0.3) is 0 Å². The second-order valence-corrected chi connectivity index (χ2v) is 5.97. The van der Waals surface area contributed by atoms with Crippen LogP contribution in [0.5, 0.6) is 5.75 Å². The zero-order chi connectivity index (χ0) is 14.1. The van der Waals surface area contributed by atoms with Crippen molar-refractivity contribution in [3.05, 3.63) is 29.8 Å². The van der Waals surface area contributed by atoms with E-state index >= 15 is 0 Å². The summed E-state index contributed by atoms with van der Waals surface area (Å²) < 4.78 is 5.60. The highest BCUT2D eigenvalue weighted by atomic mass is 16.5. The van der Waals surface area contributed by atoms with E-state index < -0.39 is 17.0 Å². The summed E-state index contributed by atoms with van der Waals surface area (Å²) in [6, 6.07) is 7.52. The van der Waals surface area contributed by atoms with Crippen molar-refractivity contribution in [2.24, 2.45) is 5.41 Å². The van der Waals surface area contributed by atoms with E-state index in [-0.39, 0.29) is 6.61 Å². The molecule has 1 aliphatic heterocycles. The number of carboxylic acids is 1. The van der Waals surface area contributed by atoms with E-state index in [1.807, 2.05) is 24.3 Å². The molecule has 1 atom stereocenters. The lowest BCUT2D eigenvalue weighted by atomic mass is 9.75. The molecule has 4 nitrogen and oxygen atoms in total. The molecule has 1 aromatic rings. The maximum atomic E-state index is 11.6. The van der Waals surface area contributed by atoms with Gasteiger partial charge in [-0.25, -0.2) is 0 Å². The normalized spacial score (nSPS) is 22.5. The molecule has 0 radical (unpaired) electrons. The average molecular weight is 264 g/mol. The largest absolute Gasteiger partial charge is 0.492 e. The van der Waals surface area contributed by atoms with E-state index in [1.54, 1.807) is 13.8 Å². The molecule has 1 aromatic carbocycles. The van der Waals surface area contributed by atoms with Crippen LogP contribution in [0.2, 0.25) is 0 Å². The van der Waals surface area contributed by atoms with Crippen molar-refractivity contribution >= 4 is 5.97 Å². The molecule has 0 amide bonds. The lowest BCUT2D eigenvalue weighted by Gasteiger charge is -2.35. The Bertz CT molecular complexity index is 475. The van der Waals surface area contributed by atoms with Crippen LogP contribution in [0.15, 0.2) is 24.3 Å². The van der Waals surface area contributed by atoms with E-state index in [4.69, 9.17) is 4.74 Å². The number of para-hydroxylation sites is 1. The molecule has 0 saturated heterocycles. The van der Waals surface area contributed by atoms with Gasteiger partial charge < -0.3 is 14.9 Å². The van der Waals surface area contributed by atoms with Gasteiger partial charge in [-0.3, -0.25) is 4.79 Å². The summed E-state index contributed by atoms with van der Waals surface area (Å²) in [5.41, 5.74) is -0.875. The van der Waals surface area contributed by atoms with Gasteiger partial charge in [-0.05, 0) is 44.7 Å². The molecule has 1 aliphatic rings. The van der Waals surface area contributed by atoms with Crippen LogP contribution in [-0.2, 0) is 11.2 Å². The van der Waals surface area contributed by atoms with Gasteiger partial charge >= 0.3 is 5.97 Å². The van der Waals surface area contributed by atoms with Gasteiger partial charge in [-0.1, -0.05) is 18.2 Å². The van der Waals surface area contributed by atoms with Crippen LogP contribution in [0, 0.1) is 5.41 Å². The first-order chi connectivity index (χ1) is 8.82. The van der Waals surface area contributed by atoms with Crippen LogP contribution in [0.4, 0.5) is 0 Å². The first-order valence-corrected chi connectivity index (χ1v) is 6.49. The molecular weight excluding hydrogens is 244 g/mol. The van der Waals surface area contributed by atoms with Crippen molar-refractivity contribution in [2.75, 3.05) is 6.61 Å². The van der Waals surface area contributed by atoms with Gasteiger partial charge in [0, 0.05) is 0 Å². The van der Waals surface area contributed by atoms with E-state index in [0.29, 0.717) is 19.3 Å². The van der Waals surface area contributed by atoms with E-state index in [9.17, 15) is 15.0 Å². The van der Waals surface area contributed by atoms with Crippen LogP contribution in [0.1, 0.15) is 32.3 Å². The quantitative estimate of drug-likeness (QED) is 0.875. The zero-order valence-electron chi connectivity index (χ0n) is 11.3. The molecular formula is C15H20O4. The fourth-order valence-corrected chi connectivity index (χ4v) is 2.37. The Morgan fingerprint density at radius 1 is 1.42 bits per heavy atom. The fourth-order valence-electron chi connectivity index (χ4n) is 2.37. The molecule has 4 heteroatoms. The van der Waals surface area contributed by atoms with Crippen molar-refractivity contribution in [1.29, 1.82) is 0 Å². The minimum Gasteiger partial charge on any atom is -0.492 e. The van der Waals surface area contributed by atoms with Crippen molar-refractivity contribution in [2.45, 2.75) is 38.7 Å². The van der Waals surface area contributed by atoms with E-state index in [1.165, 1.54) is 0 Å². The van der Waals surface area contributed by atoms with Gasteiger partial charge in [-0.15, -0.1) is 0 Å². The third-order valence-corrected chi connectivity index (χ3v) is 3.67. The lowest BCUT2D eigenvalue weighted by Crippen LogP contribution is -2.43. The molecule has 2 N–H and O–H groups in total. The number of aliphatic hydroxyl groups is 1. The molecule has 0 saturated carbocycles. The maximum absolute atomic E-state index is 11.6. The highest BCUT2D eigenvalue weighted by molar-refractivity contribution is 5.76. The smallest absolute Gasteiger partial charge is 0.313 e. The molecule has 104 valence electrons. The van der Waals surface area contributed by atoms with Crippen LogP contribution < -0.4 is 4.74 Å². The minimum absolute atomic E-state index is 0.162. The number of hydrogen-bond acceptors (Lipinski definition) is 3. The second-order valence-electron chi connectivity index (χ2n) is 5.97. The third-order valence-electron chi connectivity index (χ3n) is 3.67. The standard InChI is InChI=1S/C15H20O4/c1-14(2,18)7-8-15(13(16)17)9-11-5-3-4-6-12(11)19-10-15/h3-6,18H,7-10H2,1-2H3,(H,16,17). The predicted molar refractivity (Wildman–Crippen MR) is 71.2 cm³/mol. The van der Waals surface area contributed by atoms with Crippen molar-refractivity contribution in [3.8, 4) is 5.75 Å². The Morgan fingerprint density at radius 3 is 2.74 bits per heavy atom. The van der Waals surface area contributed by atoms with E-state index in [0.717, 1.165) is 11.3 Å². The lowest BCUT2D eigenvalue weighted by molar-refractivity contribution is -0.153. The third kappa shape index (κ3) is 3.07. The molecule has 0 fully saturated rings. The predicted octanol–water partition coefficient (Wildman–Crippen LogP) is 2.24. The summed E-state index contributed by atoms with van der Waals surface area (Å²) in [5.74, 6) is -0.0890. The van der Waals surface area contributed by atoms with Gasteiger partial charge in [0.05, 0.1) is 5.60 Å². The Kier molecular flexibility index (Phi) is 3.54. The van der Waals surface area contributed by atoms with Gasteiger partial charge in [0.2, 0.25) is 0 Å². The maximum Gasteiger partial charge on any atom is 0.313 e. The molecule has 2 rings (SSSR count). The molecule has 0 spiro atoms.